The molecule has 7 heteroatoms. The highest BCUT2D eigenvalue weighted by molar-refractivity contribution is 5.98. The van der Waals surface area contributed by atoms with Gasteiger partial charge in [-0.05, 0) is 24.8 Å². The Kier molecular flexibility index (Phi) is 8.46. The highest BCUT2D eigenvalue weighted by Gasteiger charge is 2.32. The van der Waals surface area contributed by atoms with Crippen molar-refractivity contribution in [3.8, 4) is 0 Å². The van der Waals surface area contributed by atoms with Gasteiger partial charge >= 0.3 is 12.1 Å². The molecule has 1 rings (SSSR count). The Morgan fingerprint density at radius 3 is 2.32 bits per heavy atom. The van der Waals surface area contributed by atoms with Crippen LogP contribution in [0.25, 0.3) is 0 Å². The van der Waals surface area contributed by atoms with Gasteiger partial charge in [0.25, 0.3) is 5.91 Å². The molecule has 0 saturated carbocycles. The van der Waals surface area contributed by atoms with Gasteiger partial charge in [0.1, 0.15) is 12.5 Å². The molecule has 1 aromatic carbocycles. The summed E-state index contributed by atoms with van der Waals surface area (Å²) in [5.74, 6) is -1.97. The van der Waals surface area contributed by atoms with Crippen LogP contribution in [0.4, 0.5) is 4.79 Å². The van der Waals surface area contributed by atoms with Crippen LogP contribution < -0.4 is 5.43 Å². The van der Waals surface area contributed by atoms with Crippen molar-refractivity contribution in [1.29, 1.82) is 0 Å². The summed E-state index contributed by atoms with van der Waals surface area (Å²) in [6.45, 7) is 5.76. The van der Waals surface area contributed by atoms with Crippen LogP contribution in [-0.4, -0.2) is 36.6 Å². The van der Waals surface area contributed by atoms with E-state index < -0.39 is 23.9 Å². The van der Waals surface area contributed by atoms with E-state index in [4.69, 9.17) is 9.47 Å². The number of hydrogen-bond acceptors (Lipinski definition) is 5. The maximum absolute atomic E-state index is 12.5. The molecule has 0 aliphatic rings. The van der Waals surface area contributed by atoms with Gasteiger partial charge in [-0.1, -0.05) is 44.2 Å². The number of esters is 1. The molecule has 1 N–H and O–H groups in total. The van der Waals surface area contributed by atoms with Crippen molar-refractivity contribution in [2.45, 2.75) is 33.8 Å². The summed E-state index contributed by atoms with van der Waals surface area (Å²) in [6.07, 6.45) is -0.435. The standard InChI is InChI=1S/C18H26N2O5/c1-5-24-17(22)15(11-13(2)3)16(21)20(4)19-18(23)25-12-14-9-7-6-8-10-14/h6-10,13,15H,5,11-12H2,1-4H3,(H,19,23). The fourth-order valence-electron chi connectivity index (χ4n) is 2.19. The van der Waals surface area contributed by atoms with E-state index in [1.165, 1.54) is 7.05 Å². The molecular formula is C18H26N2O5. The average molecular weight is 350 g/mol. The molecule has 0 bridgehead atoms. The fraction of sp³-hybridized carbons (Fsp3) is 0.500. The van der Waals surface area contributed by atoms with Crippen LogP contribution in [0, 0.1) is 11.8 Å². The number of benzene rings is 1. The largest absolute Gasteiger partial charge is 0.465 e. The normalized spacial score (nSPS) is 11.6. The number of hydrazine groups is 1. The van der Waals surface area contributed by atoms with Crippen LogP contribution in [-0.2, 0) is 25.7 Å². The Morgan fingerprint density at radius 1 is 1.12 bits per heavy atom. The summed E-state index contributed by atoms with van der Waals surface area (Å²) in [7, 11) is 1.37. The number of ether oxygens (including phenoxy) is 2. The minimum atomic E-state index is -0.959. The summed E-state index contributed by atoms with van der Waals surface area (Å²) < 4.78 is 10.0. The third-order valence-corrected chi connectivity index (χ3v) is 3.38. The Morgan fingerprint density at radius 2 is 1.76 bits per heavy atom. The zero-order valence-electron chi connectivity index (χ0n) is 15.2. The van der Waals surface area contributed by atoms with E-state index in [0.29, 0.717) is 6.42 Å². The molecule has 1 atom stereocenters. The zero-order valence-corrected chi connectivity index (χ0v) is 15.2. The Bertz CT molecular complexity index is 574. The lowest BCUT2D eigenvalue weighted by atomic mass is 9.96. The van der Waals surface area contributed by atoms with E-state index >= 15 is 0 Å². The molecule has 25 heavy (non-hydrogen) atoms. The summed E-state index contributed by atoms with van der Waals surface area (Å²) in [4.78, 5) is 36.3. The Balaban J connectivity index is 2.59. The predicted molar refractivity (Wildman–Crippen MR) is 92.1 cm³/mol. The van der Waals surface area contributed by atoms with E-state index in [1.54, 1.807) is 6.92 Å². The number of rotatable bonds is 7. The van der Waals surface area contributed by atoms with Crippen molar-refractivity contribution < 1.29 is 23.9 Å². The van der Waals surface area contributed by atoms with E-state index in [0.717, 1.165) is 10.6 Å². The third-order valence-electron chi connectivity index (χ3n) is 3.38. The maximum Gasteiger partial charge on any atom is 0.426 e. The molecule has 1 unspecified atom stereocenters. The molecule has 0 aromatic heterocycles. The van der Waals surface area contributed by atoms with E-state index in [2.05, 4.69) is 5.43 Å². The molecular weight excluding hydrogens is 324 g/mol. The van der Waals surface area contributed by atoms with Gasteiger partial charge in [0, 0.05) is 7.05 Å². The molecule has 0 spiro atoms. The maximum atomic E-state index is 12.5. The van der Waals surface area contributed by atoms with Crippen molar-refractivity contribution in [1.82, 2.24) is 10.4 Å². The lowest BCUT2D eigenvalue weighted by molar-refractivity contribution is -0.156. The second-order valence-corrected chi connectivity index (χ2v) is 6.00. The molecule has 7 nitrogen and oxygen atoms in total. The first-order valence-corrected chi connectivity index (χ1v) is 8.26. The lowest BCUT2D eigenvalue weighted by Crippen LogP contribution is -2.48. The molecule has 1 aromatic rings. The van der Waals surface area contributed by atoms with Gasteiger partial charge in [-0.15, -0.1) is 0 Å². The molecule has 2 amide bonds. The number of nitrogens with one attached hydrogen (secondary N) is 1. The van der Waals surface area contributed by atoms with Crippen molar-refractivity contribution in [2.75, 3.05) is 13.7 Å². The van der Waals surface area contributed by atoms with Crippen LogP contribution in [0.2, 0.25) is 0 Å². The van der Waals surface area contributed by atoms with Gasteiger partial charge in [-0.3, -0.25) is 14.6 Å². The highest BCUT2D eigenvalue weighted by Crippen LogP contribution is 2.15. The van der Waals surface area contributed by atoms with Gasteiger partial charge < -0.3 is 9.47 Å². The Hall–Kier alpha value is -2.57. The highest BCUT2D eigenvalue weighted by atomic mass is 16.6. The average Bonchev–Trinajstić information content (AvgIpc) is 2.58. The minimum absolute atomic E-state index is 0.0853. The van der Waals surface area contributed by atoms with Crippen LogP contribution >= 0.6 is 0 Å². The minimum Gasteiger partial charge on any atom is -0.465 e. The smallest absolute Gasteiger partial charge is 0.426 e. The van der Waals surface area contributed by atoms with Gasteiger partial charge in [0.2, 0.25) is 0 Å². The molecule has 0 fully saturated rings. The Labute approximate surface area is 148 Å². The first-order valence-electron chi connectivity index (χ1n) is 8.26. The van der Waals surface area contributed by atoms with Crippen LogP contribution in [0.5, 0.6) is 0 Å². The lowest BCUT2D eigenvalue weighted by Gasteiger charge is -2.23. The molecule has 0 aliphatic heterocycles. The second kappa shape index (κ2) is 10.3. The molecule has 0 aliphatic carbocycles. The van der Waals surface area contributed by atoms with E-state index in [1.807, 2.05) is 44.2 Å². The number of carbonyl (C=O) groups is 3. The molecule has 138 valence electrons. The van der Waals surface area contributed by atoms with Crippen molar-refractivity contribution in [3.63, 3.8) is 0 Å². The molecule has 0 saturated heterocycles. The SMILES string of the molecule is CCOC(=O)C(CC(C)C)C(=O)N(C)NC(=O)OCc1ccccc1. The first-order chi connectivity index (χ1) is 11.8. The number of amides is 2. The summed E-state index contributed by atoms with van der Waals surface area (Å²) in [6, 6.07) is 9.17. The van der Waals surface area contributed by atoms with Crippen molar-refractivity contribution in [2.24, 2.45) is 11.8 Å². The molecule has 0 radical (unpaired) electrons. The number of carbonyl (C=O) groups excluding carboxylic acids is 3. The van der Waals surface area contributed by atoms with Crippen LogP contribution in [0.1, 0.15) is 32.8 Å². The van der Waals surface area contributed by atoms with E-state index in [-0.39, 0.29) is 19.1 Å². The summed E-state index contributed by atoms with van der Waals surface area (Å²) in [5, 5.41) is 0.970. The predicted octanol–water partition coefficient (Wildman–Crippen LogP) is 2.51. The monoisotopic (exact) mass is 350 g/mol. The number of nitrogens with zero attached hydrogens (tertiary/aromatic N) is 1. The first kappa shape index (κ1) is 20.5. The van der Waals surface area contributed by atoms with Crippen LogP contribution in [0.3, 0.4) is 0 Å². The summed E-state index contributed by atoms with van der Waals surface area (Å²) in [5.41, 5.74) is 3.14. The zero-order chi connectivity index (χ0) is 18.8. The van der Waals surface area contributed by atoms with Crippen molar-refractivity contribution in [3.05, 3.63) is 35.9 Å². The van der Waals surface area contributed by atoms with E-state index in [9.17, 15) is 14.4 Å². The van der Waals surface area contributed by atoms with Gasteiger partial charge in [-0.2, -0.15) is 0 Å². The quantitative estimate of drug-likeness (QED) is 0.464. The fourth-order valence-corrected chi connectivity index (χ4v) is 2.19. The van der Waals surface area contributed by atoms with Gasteiger partial charge in [-0.25, -0.2) is 10.2 Å². The van der Waals surface area contributed by atoms with Gasteiger partial charge in [0.15, 0.2) is 0 Å². The molecule has 0 heterocycles. The van der Waals surface area contributed by atoms with Crippen LogP contribution in [0.15, 0.2) is 30.3 Å². The van der Waals surface area contributed by atoms with Crippen molar-refractivity contribution >= 4 is 18.0 Å². The topological polar surface area (TPSA) is 84.9 Å². The summed E-state index contributed by atoms with van der Waals surface area (Å²) >= 11 is 0. The van der Waals surface area contributed by atoms with Gasteiger partial charge in [0.05, 0.1) is 6.61 Å². The second-order valence-electron chi connectivity index (χ2n) is 6.00. The number of hydrogen-bond donors (Lipinski definition) is 1. The third kappa shape index (κ3) is 7.24.